The molecule has 1 fully saturated rings. The van der Waals surface area contributed by atoms with Crippen molar-refractivity contribution in [2.24, 2.45) is 5.92 Å². The first kappa shape index (κ1) is 24.6. The average Bonchev–Trinajstić information content (AvgIpc) is 3.55. The molecule has 0 bridgehead atoms. The first-order valence-electron chi connectivity index (χ1n) is 14.1. The van der Waals surface area contributed by atoms with Gasteiger partial charge in [-0.15, -0.1) is 0 Å². The van der Waals surface area contributed by atoms with Crippen molar-refractivity contribution >= 4 is 22.2 Å². The Labute approximate surface area is 226 Å². The number of anilines is 1. The van der Waals surface area contributed by atoms with Crippen LogP contribution >= 0.6 is 0 Å². The predicted octanol–water partition coefficient (Wildman–Crippen LogP) is 8.29. The third kappa shape index (κ3) is 4.67. The number of nitrogens with zero attached hydrogens (tertiary/aromatic N) is 2. The van der Waals surface area contributed by atoms with Gasteiger partial charge in [0.25, 0.3) is 0 Å². The van der Waals surface area contributed by atoms with Gasteiger partial charge in [0.15, 0.2) is 0 Å². The van der Waals surface area contributed by atoms with E-state index >= 15 is 0 Å². The molecule has 6 rings (SSSR count). The maximum absolute atomic E-state index is 13.6. The number of hydrogen-bond acceptors (Lipinski definition) is 3. The number of rotatable bonds is 8. The second kappa shape index (κ2) is 10.6. The Morgan fingerprint density at radius 2 is 1.71 bits per heavy atom. The van der Waals surface area contributed by atoms with E-state index in [0.29, 0.717) is 5.69 Å². The molecule has 1 saturated carbocycles. The molecule has 0 spiro atoms. The first-order valence-corrected chi connectivity index (χ1v) is 14.1. The lowest BCUT2D eigenvalue weighted by molar-refractivity contribution is 0.104. The molecule has 1 unspecified atom stereocenters. The van der Waals surface area contributed by atoms with Crippen LogP contribution in [0.5, 0.6) is 0 Å². The molecule has 2 heterocycles. The number of benzene rings is 3. The summed E-state index contributed by atoms with van der Waals surface area (Å²) >= 11 is 0. The number of aromatic nitrogens is 1. The minimum Gasteiger partial charge on any atom is -0.344 e. The fraction of sp³-hybridized carbons (Fsp3) is 0.314. The van der Waals surface area contributed by atoms with Gasteiger partial charge in [-0.3, -0.25) is 9.78 Å². The Kier molecular flexibility index (Phi) is 6.84. The molecule has 1 atom stereocenters. The summed E-state index contributed by atoms with van der Waals surface area (Å²) in [6, 6.07) is 29.5. The van der Waals surface area contributed by atoms with E-state index in [-0.39, 0.29) is 11.2 Å². The van der Waals surface area contributed by atoms with Crippen LogP contribution in [-0.4, -0.2) is 17.3 Å². The number of hydrogen-bond donors (Lipinski definition) is 0. The molecule has 0 saturated heterocycles. The monoisotopic (exact) mass is 500 g/mol. The lowest BCUT2D eigenvalue weighted by Crippen LogP contribution is -2.32. The SMILES string of the molecule is CC1(Cc2ccccc2)/C(=C/C(=O)c2ccccn2)N(CCCC2CCCC2)c2ccc3ccccc3c21. The first-order chi connectivity index (χ1) is 18.6. The molecular weight excluding hydrogens is 464 g/mol. The lowest BCUT2D eigenvalue weighted by atomic mass is 9.74. The molecule has 1 aliphatic heterocycles. The van der Waals surface area contributed by atoms with Gasteiger partial charge < -0.3 is 4.90 Å². The van der Waals surface area contributed by atoms with Crippen LogP contribution < -0.4 is 4.90 Å². The quantitative estimate of drug-likeness (QED) is 0.180. The molecular formula is C35H36N2O. The third-order valence-electron chi connectivity index (χ3n) is 8.66. The largest absolute Gasteiger partial charge is 0.344 e. The highest BCUT2D eigenvalue weighted by molar-refractivity contribution is 6.05. The van der Waals surface area contributed by atoms with Crippen LogP contribution in [0.1, 0.15) is 67.1 Å². The molecule has 192 valence electrons. The molecule has 3 heteroatoms. The zero-order valence-electron chi connectivity index (χ0n) is 22.3. The predicted molar refractivity (Wildman–Crippen MR) is 157 cm³/mol. The van der Waals surface area contributed by atoms with Crippen LogP contribution in [0.4, 0.5) is 5.69 Å². The zero-order chi connectivity index (χ0) is 26.0. The minimum absolute atomic E-state index is 0.0298. The van der Waals surface area contributed by atoms with Gasteiger partial charge in [-0.2, -0.15) is 0 Å². The van der Waals surface area contributed by atoms with Crippen molar-refractivity contribution in [1.29, 1.82) is 0 Å². The van der Waals surface area contributed by atoms with Gasteiger partial charge in [0.2, 0.25) is 5.78 Å². The standard InChI is InChI=1S/C35H36N2O/c1-35(25-27-14-3-2-4-15-27)33(24-32(38)30-19-9-10-22-36-30)37(23-11-16-26-12-5-6-13-26)31-21-20-28-17-7-8-18-29(28)34(31)35/h2-4,7-10,14-15,17-22,24,26H,5-6,11-13,16,23,25H2,1H3/b33-24-. The highest BCUT2D eigenvalue weighted by Gasteiger charge is 2.45. The second-order valence-corrected chi connectivity index (χ2v) is 11.2. The normalized spacial score (nSPS) is 20.3. The summed E-state index contributed by atoms with van der Waals surface area (Å²) < 4.78 is 0. The van der Waals surface area contributed by atoms with Crippen LogP contribution in [-0.2, 0) is 11.8 Å². The molecule has 1 aliphatic carbocycles. The van der Waals surface area contributed by atoms with Crippen LogP contribution in [0.3, 0.4) is 0 Å². The van der Waals surface area contributed by atoms with E-state index in [9.17, 15) is 4.79 Å². The van der Waals surface area contributed by atoms with E-state index in [1.807, 2.05) is 24.3 Å². The molecule has 3 aromatic carbocycles. The van der Waals surface area contributed by atoms with Crippen molar-refractivity contribution in [2.75, 3.05) is 11.4 Å². The van der Waals surface area contributed by atoms with Crippen molar-refractivity contribution in [1.82, 2.24) is 4.98 Å². The number of fused-ring (bicyclic) bond motifs is 3. The van der Waals surface area contributed by atoms with Gasteiger partial charge in [0.05, 0.1) is 0 Å². The summed E-state index contributed by atoms with van der Waals surface area (Å²) in [7, 11) is 0. The Bertz CT molecular complexity index is 1450. The van der Waals surface area contributed by atoms with Crippen molar-refractivity contribution in [3.05, 3.63) is 120 Å². The summed E-state index contributed by atoms with van der Waals surface area (Å²) in [6.07, 6.45) is 12.3. The Morgan fingerprint density at radius 1 is 0.947 bits per heavy atom. The van der Waals surface area contributed by atoms with E-state index in [0.717, 1.165) is 31.0 Å². The van der Waals surface area contributed by atoms with Gasteiger partial charge in [-0.1, -0.05) is 92.4 Å². The number of carbonyl (C=O) groups excluding carboxylic acids is 1. The molecule has 0 N–H and O–H groups in total. The van der Waals surface area contributed by atoms with E-state index in [2.05, 4.69) is 83.5 Å². The van der Waals surface area contributed by atoms with Crippen molar-refractivity contribution < 1.29 is 4.79 Å². The fourth-order valence-corrected chi connectivity index (χ4v) is 6.83. The van der Waals surface area contributed by atoms with Crippen LogP contribution in [0.25, 0.3) is 10.8 Å². The van der Waals surface area contributed by atoms with Crippen LogP contribution in [0.2, 0.25) is 0 Å². The highest BCUT2D eigenvalue weighted by Crippen LogP contribution is 2.52. The second-order valence-electron chi connectivity index (χ2n) is 11.2. The van der Waals surface area contributed by atoms with E-state index in [1.165, 1.54) is 59.7 Å². The maximum Gasteiger partial charge on any atom is 0.205 e. The van der Waals surface area contributed by atoms with Gasteiger partial charge in [-0.05, 0) is 72.2 Å². The average molecular weight is 501 g/mol. The molecule has 0 radical (unpaired) electrons. The number of pyridine rings is 1. The molecule has 2 aliphatic rings. The Morgan fingerprint density at radius 3 is 2.50 bits per heavy atom. The van der Waals surface area contributed by atoms with Crippen molar-refractivity contribution in [3.63, 3.8) is 0 Å². The zero-order valence-corrected chi connectivity index (χ0v) is 22.3. The van der Waals surface area contributed by atoms with Crippen molar-refractivity contribution in [2.45, 2.75) is 57.3 Å². The summed E-state index contributed by atoms with van der Waals surface area (Å²) in [4.78, 5) is 20.5. The van der Waals surface area contributed by atoms with Crippen LogP contribution in [0, 0.1) is 5.92 Å². The number of allylic oxidation sites excluding steroid dienone is 2. The Hall–Kier alpha value is -3.72. The number of carbonyl (C=O) groups is 1. The highest BCUT2D eigenvalue weighted by atomic mass is 16.1. The third-order valence-corrected chi connectivity index (χ3v) is 8.66. The van der Waals surface area contributed by atoms with Crippen LogP contribution in [0.15, 0.2) is 103 Å². The Balaban J connectivity index is 1.48. The fourth-order valence-electron chi connectivity index (χ4n) is 6.83. The van der Waals surface area contributed by atoms with Gasteiger partial charge in [0, 0.05) is 35.6 Å². The van der Waals surface area contributed by atoms with E-state index in [1.54, 1.807) is 6.20 Å². The lowest BCUT2D eigenvalue weighted by Gasteiger charge is -2.31. The minimum atomic E-state index is -0.352. The van der Waals surface area contributed by atoms with Gasteiger partial charge in [-0.25, -0.2) is 0 Å². The summed E-state index contributed by atoms with van der Waals surface area (Å²) in [6.45, 7) is 3.26. The summed E-state index contributed by atoms with van der Waals surface area (Å²) in [5, 5.41) is 2.52. The molecule has 38 heavy (non-hydrogen) atoms. The summed E-state index contributed by atoms with van der Waals surface area (Å²) in [5.74, 6) is 0.824. The molecule has 1 aromatic heterocycles. The molecule has 0 amide bonds. The number of ketones is 1. The van der Waals surface area contributed by atoms with Gasteiger partial charge >= 0.3 is 0 Å². The van der Waals surface area contributed by atoms with Crippen molar-refractivity contribution in [3.8, 4) is 0 Å². The molecule has 4 aromatic rings. The molecule has 3 nitrogen and oxygen atoms in total. The smallest absolute Gasteiger partial charge is 0.205 e. The van der Waals surface area contributed by atoms with E-state index < -0.39 is 0 Å². The maximum atomic E-state index is 13.6. The topological polar surface area (TPSA) is 33.2 Å². The van der Waals surface area contributed by atoms with E-state index in [4.69, 9.17) is 0 Å². The summed E-state index contributed by atoms with van der Waals surface area (Å²) in [5.41, 5.74) is 5.09. The van der Waals surface area contributed by atoms with Gasteiger partial charge in [0.1, 0.15) is 5.69 Å².